The van der Waals surface area contributed by atoms with Crippen molar-refractivity contribution < 1.29 is 58.6 Å². The molecule has 2 N–H and O–H groups in total. The monoisotopic (exact) mass is 641 g/mol. The van der Waals surface area contributed by atoms with Crippen molar-refractivity contribution in [1.82, 2.24) is 9.71 Å². The third kappa shape index (κ3) is 8.48. The van der Waals surface area contributed by atoms with Gasteiger partial charge in [-0.2, -0.15) is 26.3 Å². The third-order valence-corrected chi connectivity index (χ3v) is 8.69. The summed E-state index contributed by atoms with van der Waals surface area (Å²) in [5.41, 5.74) is -0.516. The Labute approximate surface area is 241 Å². The van der Waals surface area contributed by atoms with Gasteiger partial charge in [-0.3, -0.25) is 4.79 Å². The Morgan fingerprint density at radius 1 is 1.02 bits per heavy atom. The van der Waals surface area contributed by atoms with E-state index in [0.29, 0.717) is 55.9 Å². The van der Waals surface area contributed by atoms with E-state index in [0.717, 1.165) is 31.2 Å². The lowest BCUT2D eigenvalue weighted by molar-refractivity contribution is -0.192. The number of amides is 1. The van der Waals surface area contributed by atoms with Crippen LogP contribution in [-0.2, 0) is 21.0 Å². The molecule has 1 atom stereocenters. The number of nitrogens with zero attached hydrogens (tertiary/aromatic N) is 2. The molecule has 2 aromatic rings. The molecule has 2 heterocycles. The Morgan fingerprint density at radius 2 is 1.67 bits per heavy atom. The van der Waals surface area contributed by atoms with E-state index >= 15 is 0 Å². The van der Waals surface area contributed by atoms with Crippen molar-refractivity contribution in [2.75, 3.05) is 18.0 Å². The van der Waals surface area contributed by atoms with Crippen molar-refractivity contribution in [3.63, 3.8) is 0 Å². The molecule has 1 aliphatic heterocycles. The highest BCUT2D eigenvalue weighted by Crippen LogP contribution is 2.45. The number of hydrogen-bond donors (Lipinski definition) is 2. The average molecular weight is 642 g/mol. The van der Waals surface area contributed by atoms with E-state index < -0.39 is 50.9 Å². The number of nitrogens with one attached hydrogen (secondary N) is 1. The Kier molecular flexibility index (Phi) is 9.13. The van der Waals surface area contributed by atoms with Gasteiger partial charge in [0.1, 0.15) is 23.5 Å². The summed E-state index contributed by atoms with van der Waals surface area (Å²) >= 11 is 0. The predicted molar refractivity (Wildman–Crippen MR) is 137 cm³/mol. The topological polar surface area (TPSA) is 126 Å². The van der Waals surface area contributed by atoms with Crippen LogP contribution in [0.2, 0.25) is 0 Å². The Morgan fingerprint density at radius 3 is 2.19 bits per heavy atom. The molecular weight excluding hydrogens is 615 g/mol. The average Bonchev–Trinajstić information content (AvgIpc) is 3.81. The van der Waals surface area contributed by atoms with Crippen LogP contribution in [0.5, 0.6) is 5.75 Å². The second kappa shape index (κ2) is 12.2. The Hall–Kier alpha value is -3.63. The van der Waals surface area contributed by atoms with Gasteiger partial charge in [0, 0.05) is 18.8 Å². The van der Waals surface area contributed by atoms with Crippen LogP contribution in [0, 0.1) is 5.82 Å². The first-order chi connectivity index (χ1) is 20.0. The van der Waals surface area contributed by atoms with E-state index in [2.05, 4.69) is 4.98 Å². The molecule has 1 saturated heterocycles. The second-order valence-corrected chi connectivity index (χ2v) is 12.3. The molecule has 1 amide bonds. The highest BCUT2D eigenvalue weighted by molar-refractivity contribution is 7.91. The summed E-state index contributed by atoms with van der Waals surface area (Å²) in [7, 11) is -3.82. The number of piperidine rings is 1. The number of rotatable bonds is 7. The molecule has 1 aromatic heterocycles. The second-order valence-electron chi connectivity index (χ2n) is 10.4. The number of sulfonamides is 1. The maximum Gasteiger partial charge on any atom is 0.490 e. The first-order valence-corrected chi connectivity index (χ1v) is 14.6. The molecule has 0 spiro atoms. The minimum absolute atomic E-state index is 0.0865. The van der Waals surface area contributed by atoms with Crippen molar-refractivity contribution >= 4 is 27.7 Å². The lowest BCUT2D eigenvalue weighted by Gasteiger charge is -2.34. The van der Waals surface area contributed by atoms with Crippen molar-refractivity contribution in [3.8, 4) is 5.75 Å². The minimum Gasteiger partial charge on any atom is -0.488 e. The summed E-state index contributed by atoms with van der Waals surface area (Å²) in [5, 5.41) is 6.52. The Balaban J connectivity index is 0.000000541. The van der Waals surface area contributed by atoms with Crippen LogP contribution >= 0.6 is 0 Å². The molecule has 2 aliphatic carbocycles. The quantitative estimate of drug-likeness (QED) is 0.404. The van der Waals surface area contributed by atoms with Gasteiger partial charge in [-0.15, -0.1) is 0 Å². The van der Waals surface area contributed by atoms with Crippen molar-refractivity contribution in [1.29, 1.82) is 0 Å². The van der Waals surface area contributed by atoms with E-state index in [9.17, 15) is 43.9 Å². The smallest absolute Gasteiger partial charge is 0.488 e. The predicted octanol–water partition coefficient (Wildman–Crippen LogP) is 5.02. The molecule has 9 nitrogen and oxygen atoms in total. The number of benzene rings is 1. The van der Waals surface area contributed by atoms with Crippen LogP contribution in [0.15, 0.2) is 30.5 Å². The maximum absolute atomic E-state index is 14.9. The van der Waals surface area contributed by atoms with Crippen molar-refractivity contribution in [3.05, 3.63) is 53.0 Å². The van der Waals surface area contributed by atoms with Crippen LogP contribution in [0.4, 0.5) is 36.6 Å². The summed E-state index contributed by atoms with van der Waals surface area (Å²) in [5.74, 6) is -3.85. The normalized spacial score (nSPS) is 19.2. The van der Waals surface area contributed by atoms with Gasteiger partial charge in [0.15, 0.2) is 0 Å². The van der Waals surface area contributed by atoms with Crippen LogP contribution < -0.4 is 14.4 Å². The van der Waals surface area contributed by atoms with Gasteiger partial charge in [-0.1, -0.05) is 0 Å². The number of aliphatic carboxylic acids is 1. The van der Waals surface area contributed by atoms with Crippen LogP contribution in [0.1, 0.15) is 65.9 Å². The highest BCUT2D eigenvalue weighted by atomic mass is 32.2. The molecule has 17 heteroatoms. The molecule has 236 valence electrons. The molecule has 3 fully saturated rings. The number of anilines is 1. The zero-order valence-electron chi connectivity index (χ0n) is 22.2. The minimum atomic E-state index is -5.08. The first kappa shape index (κ1) is 32.3. The summed E-state index contributed by atoms with van der Waals surface area (Å²) in [6, 6.07) is 4.81. The number of aromatic nitrogens is 1. The maximum atomic E-state index is 14.9. The number of alkyl halides is 6. The summed E-state index contributed by atoms with van der Waals surface area (Å²) < 4.78 is 118. The van der Waals surface area contributed by atoms with Gasteiger partial charge in [-0.05, 0) is 68.2 Å². The summed E-state index contributed by atoms with van der Waals surface area (Å²) in [6.07, 6.45) is -5.11. The lowest BCUT2D eigenvalue weighted by Crippen LogP contribution is -2.41. The van der Waals surface area contributed by atoms with Crippen LogP contribution in [0.25, 0.3) is 0 Å². The number of carbonyl (C=O) groups excluding carboxylic acids is 1. The van der Waals surface area contributed by atoms with Crippen LogP contribution in [-0.4, -0.2) is 61.0 Å². The van der Waals surface area contributed by atoms with Gasteiger partial charge < -0.3 is 14.7 Å². The molecule has 0 bridgehead atoms. The molecule has 0 radical (unpaired) electrons. The standard InChI is InChI=1S/C24H25F4N3O4S.C2HF3O2/c25-20-11-21(18(14-3-4-14)10-19(20)23(32)30-36(33,34)17-6-7-17)35-16-2-1-9-31(13-16)22-8-5-15(12-29-22)24(26,27)28;3-2(4,5)1(6)7/h5,8,10-12,14,16-17H,1-4,6-7,9,13H2,(H,30,32);(H,6,7)/t16-;/m1./s1. The van der Waals surface area contributed by atoms with Gasteiger partial charge in [0.2, 0.25) is 10.0 Å². The van der Waals surface area contributed by atoms with E-state index in [1.54, 1.807) is 0 Å². The molecule has 43 heavy (non-hydrogen) atoms. The fraction of sp³-hybridized carbons (Fsp3) is 0.500. The SMILES string of the molecule is O=C(NS(=O)(=O)C1CC1)c1cc(C2CC2)c(O[C@@H]2CCCN(c3ccc(C(F)(F)F)cn3)C2)cc1F.O=C(O)C(F)(F)F. The van der Waals surface area contributed by atoms with Gasteiger partial charge >= 0.3 is 18.3 Å². The number of carboxylic acid groups (broad SMARTS) is 1. The largest absolute Gasteiger partial charge is 0.490 e. The van der Waals surface area contributed by atoms with Crippen molar-refractivity contribution in [2.45, 2.75) is 68.1 Å². The number of ether oxygens (including phenoxy) is 1. The fourth-order valence-electron chi connectivity index (χ4n) is 4.37. The van der Waals surface area contributed by atoms with Gasteiger partial charge in [0.25, 0.3) is 5.91 Å². The van der Waals surface area contributed by atoms with E-state index in [-0.39, 0.29) is 17.6 Å². The summed E-state index contributed by atoms with van der Waals surface area (Å²) in [6.45, 7) is 0.947. The zero-order chi connectivity index (χ0) is 31.7. The zero-order valence-corrected chi connectivity index (χ0v) is 23.0. The van der Waals surface area contributed by atoms with E-state index in [4.69, 9.17) is 14.6 Å². The van der Waals surface area contributed by atoms with Crippen LogP contribution in [0.3, 0.4) is 0 Å². The Bertz CT molecular complexity index is 1460. The molecular formula is C26H26F7N3O6S. The van der Waals surface area contributed by atoms with Gasteiger partial charge in [0.05, 0.1) is 22.9 Å². The number of carboxylic acids is 1. The molecule has 3 aliphatic rings. The van der Waals surface area contributed by atoms with E-state index in [1.807, 2.05) is 9.62 Å². The molecule has 1 aromatic carbocycles. The van der Waals surface area contributed by atoms with Gasteiger partial charge in [-0.25, -0.2) is 27.3 Å². The third-order valence-electron chi connectivity index (χ3n) is 6.87. The highest BCUT2D eigenvalue weighted by Gasteiger charge is 2.39. The van der Waals surface area contributed by atoms with Crippen molar-refractivity contribution in [2.24, 2.45) is 0 Å². The molecule has 0 unspecified atom stereocenters. The number of hydrogen-bond acceptors (Lipinski definition) is 7. The number of halogens is 7. The summed E-state index contributed by atoms with van der Waals surface area (Å²) in [4.78, 5) is 27.2. The molecule has 2 saturated carbocycles. The van der Waals surface area contributed by atoms with E-state index in [1.165, 1.54) is 12.1 Å². The molecule has 5 rings (SSSR count). The lowest BCUT2D eigenvalue weighted by atomic mass is 10.0. The number of pyridine rings is 1. The number of carbonyl (C=O) groups is 2. The first-order valence-electron chi connectivity index (χ1n) is 13.1. The fourth-order valence-corrected chi connectivity index (χ4v) is 5.66.